The van der Waals surface area contributed by atoms with Gasteiger partial charge in [-0.2, -0.15) is 0 Å². The molecule has 1 aromatic rings. The maximum absolute atomic E-state index is 13.5. The van der Waals surface area contributed by atoms with Crippen LogP contribution in [-0.4, -0.2) is 30.0 Å². The average molecular weight is 343 g/mol. The zero-order valence-corrected chi connectivity index (χ0v) is 15.9. The van der Waals surface area contributed by atoms with Gasteiger partial charge in [0.2, 0.25) is 0 Å². The van der Waals surface area contributed by atoms with E-state index in [9.17, 15) is 4.39 Å². The minimum atomic E-state index is -0.106. The van der Waals surface area contributed by atoms with E-state index in [4.69, 9.17) is 4.79 Å². The summed E-state index contributed by atoms with van der Waals surface area (Å²) in [5.41, 5.74) is 3.56. The minimum Gasteiger partial charge on any atom is -0.300 e. The molecule has 1 atom stereocenters. The van der Waals surface area contributed by atoms with Crippen LogP contribution in [0.4, 0.5) is 4.39 Å². The van der Waals surface area contributed by atoms with Crippen LogP contribution in [0.5, 0.6) is 0 Å². The van der Waals surface area contributed by atoms with Crippen molar-refractivity contribution in [3.05, 3.63) is 47.3 Å². The van der Waals surface area contributed by atoms with E-state index in [0.717, 1.165) is 12.0 Å². The van der Waals surface area contributed by atoms with Crippen LogP contribution in [0.15, 0.2) is 30.4 Å². The van der Waals surface area contributed by atoms with Gasteiger partial charge in [-0.05, 0) is 92.9 Å². The summed E-state index contributed by atoms with van der Waals surface area (Å²) in [5.74, 6) is 1.45. The Morgan fingerprint density at radius 2 is 1.92 bits per heavy atom. The number of carbonyl (C=O) groups excluding carboxylic acids is 1. The first-order valence-electron chi connectivity index (χ1n) is 9.24. The third-order valence-corrected chi connectivity index (χ3v) is 5.09. The summed E-state index contributed by atoms with van der Waals surface area (Å²) in [7, 11) is 0. The van der Waals surface area contributed by atoms with Crippen molar-refractivity contribution in [3.63, 3.8) is 0 Å². The van der Waals surface area contributed by atoms with E-state index in [1.54, 1.807) is 18.9 Å². The molecule has 1 aliphatic heterocycles. The predicted molar refractivity (Wildman–Crippen MR) is 103 cm³/mol. The lowest BCUT2D eigenvalue weighted by Gasteiger charge is -2.39. The molecule has 1 saturated heterocycles. The Bertz CT molecular complexity index is 665. The molecule has 136 valence electrons. The fraction of sp³-hybridized carbons (Fsp3) is 0.545. The van der Waals surface area contributed by atoms with Gasteiger partial charge < -0.3 is 4.90 Å². The van der Waals surface area contributed by atoms with Gasteiger partial charge in [-0.1, -0.05) is 26.0 Å². The van der Waals surface area contributed by atoms with Crippen LogP contribution in [0.3, 0.4) is 0 Å². The number of likely N-dealkylation sites (tertiary alicyclic amines) is 1. The van der Waals surface area contributed by atoms with E-state index < -0.39 is 0 Å². The van der Waals surface area contributed by atoms with E-state index in [2.05, 4.69) is 24.8 Å². The Labute approximate surface area is 151 Å². The first-order chi connectivity index (χ1) is 11.9. The van der Waals surface area contributed by atoms with E-state index in [1.807, 2.05) is 19.1 Å². The van der Waals surface area contributed by atoms with Gasteiger partial charge in [0.05, 0.1) is 0 Å². The molecule has 0 amide bonds. The fourth-order valence-electron chi connectivity index (χ4n) is 3.93. The van der Waals surface area contributed by atoms with Gasteiger partial charge in [0.1, 0.15) is 11.8 Å². The van der Waals surface area contributed by atoms with Gasteiger partial charge in [-0.15, -0.1) is 0 Å². The zero-order valence-electron chi connectivity index (χ0n) is 15.9. The van der Waals surface area contributed by atoms with Crippen molar-refractivity contribution in [3.8, 4) is 0 Å². The Kier molecular flexibility index (Phi) is 6.75. The molecule has 25 heavy (non-hydrogen) atoms. The smallest absolute Gasteiger partial charge is 0.126 e. The Morgan fingerprint density at radius 3 is 2.48 bits per heavy atom. The highest BCUT2D eigenvalue weighted by molar-refractivity contribution is 5.68. The van der Waals surface area contributed by atoms with Crippen molar-refractivity contribution < 1.29 is 9.18 Å². The number of hydrogen-bond donors (Lipinski definition) is 0. The number of hydrogen-bond acceptors (Lipinski definition) is 2. The monoisotopic (exact) mass is 343 g/mol. The predicted octanol–water partition coefficient (Wildman–Crippen LogP) is 5.20. The summed E-state index contributed by atoms with van der Waals surface area (Å²) in [6.45, 7) is 10.6. The molecule has 1 aromatic carbocycles. The van der Waals surface area contributed by atoms with Crippen molar-refractivity contribution in [2.45, 2.75) is 59.4 Å². The van der Waals surface area contributed by atoms with Gasteiger partial charge >= 0.3 is 0 Å². The quantitative estimate of drug-likeness (QED) is 0.688. The first-order valence-corrected chi connectivity index (χ1v) is 9.24. The topological polar surface area (TPSA) is 20.3 Å². The van der Waals surface area contributed by atoms with Gasteiger partial charge in [0, 0.05) is 6.04 Å². The zero-order chi connectivity index (χ0) is 18.4. The summed E-state index contributed by atoms with van der Waals surface area (Å²) in [6, 6.07) is 6.20. The van der Waals surface area contributed by atoms with Gasteiger partial charge in [-0.25, -0.2) is 9.18 Å². The van der Waals surface area contributed by atoms with Crippen molar-refractivity contribution in [1.29, 1.82) is 0 Å². The summed E-state index contributed by atoms with van der Waals surface area (Å²) in [6.07, 6.45) is 8.74. The summed E-state index contributed by atoms with van der Waals surface area (Å²) in [4.78, 5) is 11.7. The second kappa shape index (κ2) is 8.60. The average Bonchev–Trinajstić information content (AvgIpc) is 3.11. The van der Waals surface area contributed by atoms with E-state index in [-0.39, 0.29) is 11.2 Å². The molecule has 1 fully saturated rings. The van der Waals surface area contributed by atoms with Crippen molar-refractivity contribution in [2.75, 3.05) is 13.1 Å². The number of benzene rings is 1. The number of allylic oxidation sites excluding steroid dienone is 2. The first kappa shape index (κ1) is 19.6. The van der Waals surface area contributed by atoms with Gasteiger partial charge in [-0.3, -0.25) is 0 Å². The van der Waals surface area contributed by atoms with Crippen LogP contribution in [0.1, 0.15) is 57.6 Å². The Hall–Kier alpha value is -1.70. The SMILES string of the molecule is CC=C=O.Cc1cc(C2=CC(C)(C)CC(N3CCCC3)C2)ccc1F. The molecule has 0 saturated carbocycles. The van der Waals surface area contributed by atoms with Crippen LogP contribution in [0.25, 0.3) is 5.57 Å². The lowest BCUT2D eigenvalue weighted by atomic mass is 9.75. The van der Waals surface area contributed by atoms with E-state index in [1.165, 1.54) is 49.6 Å². The molecule has 3 heteroatoms. The largest absolute Gasteiger partial charge is 0.300 e. The molecule has 1 aliphatic carbocycles. The Morgan fingerprint density at radius 1 is 1.28 bits per heavy atom. The molecule has 0 bridgehead atoms. The highest BCUT2D eigenvalue weighted by Crippen LogP contribution is 2.40. The molecule has 0 spiro atoms. The molecule has 3 rings (SSSR count). The second-order valence-electron chi connectivity index (χ2n) is 7.83. The van der Waals surface area contributed by atoms with Crippen molar-refractivity contribution in [2.24, 2.45) is 5.41 Å². The highest BCUT2D eigenvalue weighted by Gasteiger charge is 2.32. The number of rotatable bonds is 2. The van der Waals surface area contributed by atoms with Crippen LogP contribution in [0, 0.1) is 18.2 Å². The summed E-state index contributed by atoms with van der Waals surface area (Å²) in [5, 5.41) is 0. The molecular formula is C22H30FNO. The standard InChI is InChI=1S/C19H26FN.C3H4O/c1-14-10-15(6-7-18(14)20)16-11-17(13-19(2,3)12-16)21-8-4-5-9-21;1-2-3-4/h6-7,10,12,17H,4-5,8-9,11,13H2,1-3H3;2H,1H3. The molecule has 2 nitrogen and oxygen atoms in total. The normalized spacial score (nSPS) is 22.4. The summed E-state index contributed by atoms with van der Waals surface area (Å²) >= 11 is 0. The van der Waals surface area contributed by atoms with Crippen molar-refractivity contribution in [1.82, 2.24) is 4.90 Å². The Balaban J connectivity index is 0.000000511. The third kappa shape index (κ3) is 5.39. The van der Waals surface area contributed by atoms with Gasteiger partial charge in [0.25, 0.3) is 0 Å². The lowest BCUT2D eigenvalue weighted by molar-refractivity contribution is 0.186. The number of aryl methyl sites for hydroxylation is 1. The van der Waals surface area contributed by atoms with Crippen LogP contribution in [0.2, 0.25) is 0 Å². The fourth-order valence-corrected chi connectivity index (χ4v) is 3.93. The van der Waals surface area contributed by atoms with Crippen molar-refractivity contribution >= 4 is 11.5 Å². The molecule has 1 unspecified atom stereocenters. The highest BCUT2D eigenvalue weighted by atomic mass is 19.1. The minimum absolute atomic E-state index is 0.106. The maximum Gasteiger partial charge on any atom is 0.126 e. The maximum atomic E-state index is 13.5. The second-order valence-corrected chi connectivity index (χ2v) is 7.83. The van der Waals surface area contributed by atoms with Crippen LogP contribution < -0.4 is 0 Å². The number of nitrogens with zero attached hydrogens (tertiary/aromatic N) is 1. The third-order valence-electron chi connectivity index (χ3n) is 5.09. The van der Waals surface area contributed by atoms with Crippen LogP contribution in [-0.2, 0) is 4.79 Å². The molecule has 0 radical (unpaired) electrons. The molecular weight excluding hydrogens is 313 g/mol. The van der Waals surface area contributed by atoms with Gasteiger partial charge in [0.15, 0.2) is 0 Å². The summed E-state index contributed by atoms with van der Waals surface area (Å²) < 4.78 is 13.5. The van der Waals surface area contributed by atoms with Crippen LogP contribution >= 0.6 is 0 Å². The lowest BCUT2D eigenvalue weighted by Crippen LogP contribution is -2.38. The van der Waals surface area contributed by atoms with E-state index in [0.29, 0.717) is 6.04 Å². The molecule has 1 heterocycles. The molecule has 0 aromatic heterocycles. The molecule has 0 N–H and O–H groups in total. The number of halogens is 1. The van der Waals surface area contributed by atoms with E-state index >= 15 is 0 Å². The molecule has 2 aliphatic rings.